The lowest BCUT2D eigenvalue weighted by Crippen LogP contribution is -2.46. The minimum atomic E-state index is 0.449. The second kappa shape index (κ2) is 5.28. The summed E-state index contributed by atoms with van der Waals surface area (Å²) in [5.74, 6) is 1.26. The first-order valence-electron chi connectivity index (χ1n) is 6.59. The van der Waals surface area contributed by atoms with Gasteiger partial charge in [-0.25, -0.2) is 0 Å². The van der Waals surface area contributed by atoms with Crippen LogP contribution in [0.15, 0.2) is 0 Å². The first kappa shape index (κ1) is 12.1. The van der Waals surface area contributed by atoms with E-state index < -0.39 is 0 Å². The van der Waals surface area contributed by atoms with Crippen LogP contribution >= 0.6 is 0 Å². The van der Waals surface area contributed by atoms with Crippen molar-refractivity contribution in [1.29, 1.82) is 0 Å². The number of carbonyl (C=O) groups is 1. The maximum atomic E-state index is 11.3. The van der Waals surface area contributed by atoms with Gasteiger partial charge in [-0.15, -0.1) is 0 Å². The minimum Gasteiger partial charge on any atom is -0.306 e. The van der Waals surface area contributed by atoms with E-state index in [2.05, 4.69) is 23.8 Å². The van der Waals surface area contributed by atoms with Gasteiger partial charge in [-0.3, -0.25) is 9.69 Å². The number of likely N-dealkylation sites (tertiary alicyclic amines) is 2. The van der Waals surface area contributed by atoms with E-state index in [4.69, 9.17) is 0 Å². The Morgan fingerprint density at radius 3 is 2.88 bits per heavy atom. The molecule has 16 heavy (non-hydrogen) atoms. The third kappa shape index (κ3) is 3.05. The molecule has 3 heteroatoms. The van der Waals surface area contributed by atoms with E-state index in [0.29, 0.717) is 11.8 Å². The van der Waals surface area contributed by atoms with Gasteiger partial charge in [0, 0.05) is 38.5 Å². The van der Waals surface area contributed by atoms with Crippen LogP contribution in [0.1, 0.15) is 32.6 Å². The molecule has 2 rings (SSSR count). The van der Waals surface area contributed by atoms with E-state index in [9.17, 15) is 4.79 Å². The second-order valence-electron chi connectivity index (χ2n) is 5.61. The summed E-state index contributed by atoms with van der Waals surface area (Å²) in [5.41, 5.74) is 0. The molecular weight excluding hydrogens is 200 g/mol. The molecule has 0 aromatic carbocycles. The molecule has 0 radical (unpaired) electrons. The van der Waals surface area contributed by atoms with E-state index in [-0.39, 0.29) is 0 Å². The highest BCUT2D eigenvalue weighted by Crippen LogP contribution is 2.20. The lowest BCUT2D eigenvalue weighted by Gasteiger charge is -2.38. The Labute approximate surface area is 98.8 Å². The third-order valence-corrected chi connectivity index (χ3v) is 4.04. The quantitative estimate of drug-likeness (QED) is 0.708. The van der Waals surface area contributed by atoms with Gasteiger partial charge in [0.05, 0.1) is 0 Å². The number of carbonyl (C=O) groups excluding carboxylic acids is 1. The van der Waals surface area contributed by atoms with Crippen molar-refractivity contribution in [3.05, 3.63) is 0 Å². The molecule has 0 aliphatic carbocycles. The van der Waals surface area contributed by atoms with Crippen LogP contribution in [-0.4, -0.2) is 54.9 Å². The summed E-state index contributed by atoms with van der Waals surface area (Å²) < 4.78 is 0. The van der Waals surface area contributed by atoms with Crippen molar-refractivity contribution in [2.75, 3.05) is 33.2 Å². The van der Waals surface area contributed by atoms with E-state index in [1.165, 1.54) is 32.5 Å². The Kier molecular flexibility index (Phi) is 3.98. The number of nitrogens with zero attached hydrogens (tertiary/aromatic N) is 2. The number of piperidine rings is 2. The van der Waals surface area contributed by atoms with E-state index in [0.717, 1.165) is 25.3 Å². The van der Waals surface area contributed by atoms with Crippen molar-refractivity contribution < 1.29 is 4.79 Å². The molecule has 2 saturated heterocycles. The zero-order valence-corrected chi connectivity index (χ0v) is 10.6. The zero-order valence-electron chi connectivity index (χ0n) is 10.6. The second-order valence-corrected chi connectivity index (χ2v) is 5.61. The Morgan fingerprint density at radius 2 is 2.19 bits per heavy atom. The number of rotatable bonds is 2. The molecule has 0 aromatic rings. The largest absolute Gasteiger partial charge is 0.306 e. The fraction of sp³-hybridized carbons (Fsp3) is 0.923. The van der Waals surface area contributed by atoms with E-state index >= 15 is 0 Å². The molecule has 0 spiro atoms. The molecule has 0 N–H and O–H groups in total. The first-order valence-corrected chi connectivity index (χ1v) is 6.59. The van der Waals surface area contributed by atoms with Gasteiger partial charge in [-0.05, 0) is 39.3 Å². The molecule has 0 bridgehead atoms. The standard InChI is InChI=1S/C13H24N2O/c1-11-8-13(16)5-7-15(11)10-12-4-3-6-14(2)9-12/h11-12H,3-10H2,1-2H3. The zero-order chi connectivity index (χ0) is 11.5. The van der Waals surface area contributed by atoms with Gasteiger partial charge in [-0.1, -0.05) is 0 Å². The molecule has 0 saturated carbocycles. The Hall–Kier alpha value is -0.410. The van der Waals surface area contributed by atoms with Crippen LogP contribution in [0.3, 0.4) is 0 Å². The molecule has 2 aliphatic heterocycles. The normalized spacial score (nSPS) is 34.2. The van der Waals surface area contributed by atoms with Crippen LogP contribution in [0.25, 0.3) is 0 Å². The fourth-order valence-electron chi connectivity index (χ4n) is 3.07. The van der Waals surface area contributed by atoms with Crippen LogP contribution in [0, 0.1) is 5.92 Å². The SMILES string of the molecule is CC1CC(=O)CCN1CC1CCCN(C)C1. The molecule has 2 aliphatic rings. The number of ketones is 1. The molecule has 0 amide bonds. The molecular formula is C13H24N2O. The highest BCUT2D eigenvalue weighted by Gasteiger charge is 2.27. The van der Waals surface area contributed by atoms with Gasteiger partial charge in [0.15, 0.2) is 0 Å². The molecule has 92 valence electrons. The predicted octanol–water partition coefficient (Wildman–Crippen LogP) is 1.38. The van der Waals surface area contributed by atoms with Gasteiger partial charge < -0.3 is 4.90 Å². The molecule has 2 heterocycles. The Morgan fingerprint density at radius 1 is 1.38 bits per heavy atom. The Balaban J connectivity index is 1.82. The van der Waals surface area contributed by atoms with Crippen LogP contribution in [0.2, 0.25) is 0 Å². The predicted molar refractivity (Wildman–Crippen MR) is 65.5 cm³/mol. The monoisotopic (exact) mass is 224 g/mol. The van der Waals surface area contributed by atoms with Crippen molar-refractivity contribution in [3.8, 4) is 0 Å². The van der Waals surface area contributed by atoms with E-state index in [1.54, 1.807) is 0 Å². The van der Waals surface area contributed by atoms with Crippen molar-refractivity contribution in [3.63, 3.8) is 0 Å². The summed E-state index contributed by atoms with van der Waals surface area (Å²) in [4.78, 5) is 16.3. The first-order chi connectivity index (χ1) is 7.65. The maximum absolute atomic E-state index is 11.3. The van der Waals surface area contributed by atoms with Gasteiger partial charge in [0.25, 0.3) is 0 Å². The van der Waals surface area contributed by atoms with Crippen LogP contribution in [-0.2, 0) is 4.79 Å². The number of hydrogen-bond donors (Lipinski definition) is 0. The van der Waals surface area contributed by atoms with Gasteiger partial charge in [0.1, 0.15) is 5.78 Å². The smallest absolute Gasteiger partial charge is 0.135 e. The molecule has 2 atom stereocenters. The topological polar surface area (TPSA) is 23.6 Å². The van der Waals surface area contributed by atoms with E-state index in [1.807, 2.05) is 0 Å². The highest BCUT2D eigenvalue weighted by atomic mass is 16.1. The van der Waals surface area contributed by atoms with Crippen molar-refractivity contribution in [2.24, 2.45) is 5.92 Å². The van der Waals surface area contributed by atoms with Gasteiger partial charge in [0.2, 0.25) is 0 Å². The summed E-state index contributed by atoms with van der Waals surface area (Å²) in [6.07, 6.45) is 4.24. The Bertz CT molecular complexity index is 254. The van der Waals surface area contributed by atoms with Crippen molar-refractivity contribution >= 4 is 5.78 Å². The van der Waals surface area contributed by atoms with Crippen LogP contribution in [0.4, 0.5) is 0 Å². The molecule has 2 fully saturated rings. The maximum Gasteiger partial charge on any atom is 0.135 e. The summed E-state index contributed by atoms with van der Waals surface area (Å²) in [6, 6.07) is 0.466. The lowest BCUT2D eigenvalue weighted by molar-refractivity contribution is -0.123. The third-order valence-electron chi connectivity index (χ3n) is 4.04. The van der Waals surface area contributed by atoms with Crippen molar-refractivity contribution in [1.82, 2.24) is 9.80 Å². The van der Waals surface area contributed by atoms with Crippen LogP contribution < -0.4 is 0 Å². The average molecular weight is 224 g/mol. The summed E-state index contributed by atoms with van der Waals surface area (Å²) in [5, 5.41) is 0. The average Bonchev–Trinajstić information content (AvgIpc) is 2.22. The summed E-state index contributed by atoms with van der Waals surface area (Å²) in [6.45, 7) is 6.87. The van der Waals surface area contributed by atoms with Gasteiger partial charge in [-0.2, -0.15) is 0 Å². The van der Waals surface area contributed by atoms with Crippen molar-refractivity contribution in [2.45, 2.75) is 38.6 Å². The highest BCUT2D eigenvalue weighted by molar-refractivity contribution is 5.79. The summed E-state index contributed by atoms with van der Waals surface area (Å²) >= 11 is 0. The lowest BCUT2D eigenvalue weighted by atomic mass is 9.95. The summed E-state index contributed by atoms with van der Waals surface area (Å²) in [7, 11) is 2.22. The molecule has 0 aromatic heterocycles. The molecule has 3 nitrogen and oxygen atoms in total. The van der Waals surface area contributed by atoms with Gasteiger partial charge >= 0.3 is 0 Å². The number of Topliss-reactive ketones (excluding diaryl/α,β-unsaturated/α-hetero) is 1. The molecule has 2 unspecified atom stereocenters. The van der Waals surface area contributed by atoms with Crippen LogP contribution in [0.5, 0.6) is 0 Å². The minimum absolute atomic E-state index is 0.449. The number of hydrogen-bond acceptors (Lipinski definition) is 3. The fourth-order valence-corrected chi connectivity index (χ4v) is 3.07.